The van der Waals surface area contributed by atoms with Crippen LogP contribution in [-0.4, -0.2) is 47.2 Å². The van der Waals surface area contributed by atoms with E-state index in [-0.39, 0.29) is 42.5 Å². The third kappa shape index (κ3) is 9.40. The molecular weight excluding hydrogens is 674 g/mol. The first-order chi connectivity index (χ1) is 22.6. The number of nitrogens with zero attached hydrogens (tertiary/aromatic N) is 1. The number of aliphatic imine (C=N–C) groups is 1. The number of carbonyl (C=O) groups excluding carboxylic acids is 2. The largest absolute Gasteiger partial charge is 0.494 e. The number of aliphatic hydroxyl groups is 1. The molecule has 3 N–H and O–H groups in total. The van der Waals surface area contributed by atoms with Crippen LogP contribution in [0, 0.1) is 0 Å². The molecule has 4 rings (SSSR count). The van der Waals surface area contributed by atoms with Crippen molar-refractivity contribution in [2.75, 3.05) is 13.2 Å². The highest BCUT2D eigenvalue weighted by molar-refractivity contribution is 6.35. The van der Waals surface area contributed by atoms with E-state index in [2.05, 4.69) is 10.9 Å². The third-order valence-corrected chi connectivity index (χ3v) is 7.77. The molecular formula is C34H36Cl2F3N3O6. The standard InChI is InChI=1S/C34H36Cl2F3N3O6/c1-32(2,3)48-28(44)15-16-33(31(45)42-40-20-22-7-4-5-8-26(22)34(37,38)39)29(25-14-11-23(35)19-27(25)36)47-30(41-33)21-9-12-24(13-10-21)46-18-6-17-43/h4-5,7-14,19,29,40,43H,6,15-18,20H2,1-3H3,(H,42,45)/t29-,33-/m0/s1. The number of halogens is 5. The quantitative estimate of drug-likeness (QED) is 0.0997. The van der Waals surface area contributed by atoms with Crippen LogP contribution < -0.4 is 15.6 Å². The molecule has 0 saturated carbocycles. The predicted molar refractivity (Wildman–Crippen MR) is 175 cm³/mol. The summed E-state index contributed by atoms with van der Waals surface area (Å²) >= 11 is 12.8. The second-order valence-corrected chi connectivity index (χ2v) is 12.8. The van der Waals surface area contributed by atoms with Crippen molar-refractivity contribution in [3.05, 3.63) is 99.0 Å². The number of alkyl halides is 3. The van der Waals surface area contributed by atoms with Gasteiger partial charge < -0.3 is 19.3 Å². The molecule has 258 valence electrons. The van der Waals surface area contributed by atoms with E-state index >= 15 is 0 Å². The van der Waals surface area contributed by atoms with Crippen LogP contribution in [0.5, 0.6) is 5.75 Å². The van der Waals surface area contributed by atoms with Gasteiger partial charge in [0.15, 0.2) is 11.6 Å². The number of nitrogens with one attached hydrogen (secondary N) is 2. The first-order valence-corrected chi connectivity index (χ1v) is 15.8. The SMILES string of the molecule is CC(C)(C)OC(=O)CC[C@]1(C(=O)NNCc2ccccc2C(F)(F)F)N=C(c2ccc(OCCCO)cc2)O[C@H]1c1ccc(Cl)cc1Cl. The molecule has 0 aromatic heterocycles. The minimum Gasteiger partial charge on any atom is -0.494 e. The van der Waals surface area contributed by atoms with Gasteiger partial charge in [0.2, 0.25) is 5.90 Å². The summed E-state index contributed by atoms with van der Waals surface area (Å²) in [5, 5.41) is 9.52. The van der Waals surface area contributed by atoms with Gasteiger partial charge >= 0.3 is 12.1 Å². The van der Waals surface area contributed by atoms with Gasteiger partial charge in [-0.1, -0.05) is 47.5 Å². The van der Waals surface area contributed by atoms with Crippen LogP contribution >= 0.6 is 23.2 Å². The highest BCUT2D eigenvalue weighted by atomic mass is 35.5. The Hall–Kier alpha value is -3.84. The molecule has 1 aliphatic rings. The molecule has 9 nitrogen and oxygen atoms in total. The fourth-order valence-electron chi connectivity index (χ4n) is 5.03. The van der Waals surface area contributed by atoms with Crippen molar-refractivity contribution in [2.45, 2.75) is 70.0 Å². The topological polar surface area (TPSA) is 118 Å². The van der Waals surface area contributed by atoms with Crippen molar-refractivity contribution in [3.8, 4) is 5.75 Å². The lowest BCUT2D eigenvalue weighted by Gasteiger charge is -2.31. The number of ether oxygens (including phenoxy) is 3. The fraction of sp³-hybridized carbons (Fsp3) is 0.382. The number of aliphatic hydroxyl groups excluding tert-OH is 1. The Morgan fingerprint density at radius 3 is 2.40 bits per heavy atom. The molecule has 0 spiro atoms. The van der Waals surface area contributed by atoms with Gasteiger partial charge in [0, 0.05) is 47.2 Å². The zero-order valence-electron chi connectivity index (χ0n) is 26.5. The number of hydrazine groups is 1. The average Bonchev–Trinajstić information content (AvgIpc) is 3.40. The van der Waals surface area contributed by atoms with Crippen molar-refractivity contribution in [2.24, 2.45) is 4.99 Å². The Labute approximate surface area is 286 Å². The number of hydrogen-bond acceptors (Lipinski definition) is 8. The Bertz CT molecular complexity index is 1630. The molecule has 3 aromatic carbocycles. The summed E-state index contributed by atoms with van der Waals surface area (Å²) in [5.41, 5.74) is 2.29. The van der Waals surface area contributed by atoms with Crippen molar-refractivity contribution < 1.29 is 42.1 Å². The van der Waals surface area contributed by atoms with Gasteiger partial charge in [0.05, 0.1) is 12.2 Å². The molecule has 3 aromatic rings. The molecule has 48 heavy (non-hydrogen) atoms. The maximum Gasteiger partial charge on any atom is 0.416 e. The molecule has 0 unspecified atom stereocenters. The van der Waals surface area contributed by atoms with Gasteiger partial charge in [0.1, 0.15) is 11.4 Å². The van der Waals surface area contributed by atoms with Crippen molar-refractivity contribution in [1.82, 2.24) is 10.9 Å². The minimum absolute atomic E-state index is 0.0193. The number of rotatable bonds is 13. The second-order valence-electron chi connectivity index (χ2n) is 12.0. The molecule has 0 bridgehead atoms. The second kappa shape index (κ2) is 15.6. The summed E-state index contributed by atoms with van der Waals surface area (Å²) in [6.45, 7) is 5.04. The molecule has 0 radical (unpaired) electrons. The van der Waals surface area contributed by atoms with Crippen molar-refractivity contribution in [1.29, 1.82) is 0 Å². The molecule has 1 amide bonds. The first kappa shape index (κ1) is 37.0. The summed E-state index contributed by atoms with van der Waals surface area (Å²) in [4.78, 5) is 31.9. The van der Waals surface area contributed by atoms with Crippen LogP contribution in [0.25, 0.3) is 0 Å². The van der Waals surface area contributed by atoms with E-state index in [1.165, 1.54) is 24.3 Å². The fourth-order valence-corrected chi connectivity index (χ4v) is 5.53. The molecule has 0 fully saturated rings. The van der Waals surface area contributed by atoms with Crippen molar-refractivity contribution >= 4 is 41.0 Å². The van der Waals surface area contributed by atoms with Crippen molar-refractivity contribution in [3.63, 3.8) is 0 Å². The number of carbonyl (C=O) groups is 2. The van der Waals surface area contributed by atoms with Gasteiger partial charge in [-0.3, -0.25) is 15.0 Å². The predicted octanol–water partition coefficient (Wildman–Crippen LogP) is 6.97. The Kier molecular flexibility index (Phi) is 12.0. The maximum absolute atomic E-state index is 14.2. The smallest absolute Gasteiger partial charge is 0.416 e. The zero-order valence-corrected chi connectivity index (χ0v) is 28.0. The van der Waals surface area contributed by atoms with Crippen LogP contribution in [0.15, 0.2) is 71.7 Å². The van der Waals surface area contributed by atoms with E-state index in [1.807, 2.05) is 0 Å². The lowest BCUT2D eigenvalue weighted by Crippen LogP contribution is -2.53. The average molecular weight is 711 g/mol. The van der Waals surface area contributed by atoms with E-state index in [0.29, 0.717) is 34.9 Å². The van der Waals surface area contributed by atoms with Crippen LogP contribution in [0.2, 0.25) is 10.0 Å². The Morgan fingerprint density at radius 2 is 1.75 bits per heavy atom. The van der Waals surface area contributed by atoms with Gasteiger partial charge in [-0.2, -0.15) is 13.2 Å². The summed E-state index contributed by atoms with van der Waals surface area (Å²) < 4.78 is 58.3. The van der Waals surface area contributed by atoms with Gasteiger partial charge in [-0.15, -0.1) is 0 Å². The molecule has 14 heteroatoms. The van der Waals surface area contributed by atoms with E-state index in [9.17, 15) is 22.8 Å². The summed E-state index contributed by atoms with van der Waals surface area (Å²) in [6.07, 6.45) is -5.83. The summed E-state index contributed by atoms with van der Waals surface area (Å²) in [7, 11) is 0. The zero-order chi connectivity index (χ0) is 35.1. The van der Waals surface area contributed by atoms with E-state index in [1.54, 1.807) is 57.2 Å². The van der Waals surface area contributed by atoms with Crippen LogP contribution in [0.3, 0.4) is 0 Å². The monoisotopic (exact) mass is 709 g/mol. The molecule has 0 saturated heterocycles. The molecule has 1 heterocycles. The number of benzene rings is 3. The highest BCUT2D eigenvalue weighted by Gasteiger charge is 2.54. The lowest BCUT2D eigenvalue weighted by atomic mass is 9.83. The van der Waals surface area contributed by atoms with Crippen LogP contribution in [0.4, 0.5) is 13.2 Å². The molecule has 0 aliphatic carbocycles. The normalized spacial score (nSPS) is 17.8. The van der Waals surface area contributed by atoms with Gasteiger partial charge in [-0.05, 0) is 75.2 Å². The van der Waals surface area contributed by atoms with Gasteiger partial charge in [-0.25, -0.2) is 10.4 Å². The maximum atomic E-state index is 14.2. The van der Waals surface area contributed by atoms with E-state index in [0.717, 1.165) is 6.07 Å². The molecule has 1 aliphatic heterocycles. The van der Waals surface area contributed by atoms with Crippen LogP contribution in [-0.2, 0) is 31.8 Å². The number of hydrogen-bond donors (Lipinski definition) is 3. The highest BCUT2D eigenvalue weighted by Crippen LogP contribution is 2.46. The summed E-state index contributed by atoms with van der Waals surface area (Å²) in [6, 6.07) is 16.3. The summed E-state index contributed by atoms with van der Waals surface area (Å²) in [5.74, 6) is -0.809. The first-order valence-electron chi connectivity index (χ1n) is 15.1. The number of amides is 1. The van der Waals surface area contributed by atoms with Gasteiger partial charge in [0.25, 0.3) is 5.91 Å². The van der Waals surface area contributed by atoms with Crippen LogP contribution in [0.1, 0.15) is 68.4 Å². The number of esters is 1. The van der Waals surface area contributed by atoms with E-state index < -0.39 is 40.9 Å². The Balaban J connectivity index is 1.72. The minimum atomic E-state index is -4.61. The van der Waals surface area contributed by atoms with E-state index in [4.69, 9.17) is 47.5 Å². The third-order valence-electron chi connectivity index (χ3n) is 7.21. The lowest BCUT2D eigenvalue weighted by molar-refractivity contribution is -0.155. The Morgan fingerprint density at radius 1 is 1.04 bits per heavy atom. The molecule has 2 atom stereocenters.